The lowest BCUT2D eigenvalue weighted by Crippen LogP contribution is -2.06. The molecule has 0 atom stereocenters. The van der Waals surface area contributed by atoms with Crippen molar-refractivity contribution in [3.05, 3.63) is 60.2 Å². The number of hydrogen-bond donors (Lipinski definition) is 2. The van der Waals surface area contributed by atoms with E-state index in [4.69, 9.17) is 10.1 Å². The van der Waals surface area contributed by atoms with E-state index in [0.29, 0.717) is 6.54 Å². The molecule has 1 aromatic heterocycles. The van der Waals surface area contributed by atoms with E-state index in [1.165, 1.54) is 5.56 Å². The molecule has 22 heavy (non-hydrogen) atoms. The summed E-state index contributed by atoms with van der Waals surface area (Å²) in [5.74, 6) is 0. The maximum Gasteiger partial charge on any atom is 0.0732 e. The first-order chi connectivity index (χ1) is 10.3. The Balaban J connectivity index is 0.00000176. The zero-order chi connectivity index (χ0) is 14.7. The number of benzene rings is 2. The summed E-state index contributed by atoms with van der Waals surface area (Å²) in [5, 5.41) is 13.4. The molecule has 3 rings (SSSR count). The average molecular weight is 315 g/mol. The minimum atomic E-state index is 0. The van der Waals surface area contributed by atoms with Gasteiger partial charge in [0.2, 0.25) is 0 Å². The number of aliphatic hydroxyl groups is 1. The summed E-state index contributed by atoms with van der Waals surface area (Å²) in [4.78, 5) is 4.77. The second-order valence-corrected chi connectivity index (χ2v) is 5.09. The van der Waals surface area contributed by atoms with Gasteiger partial charge in [-0.3, -0.25) is 0 Å². The Morgan fingerprint density at radius 3 is 2.55 bits per heavy atom. The van der Waals surface area contributed by atoms with Gasteiger partial charge in [-0.05, 0) is 24.6 Å². The van der Waals surface area contributed by atoms with Crippen molar-refractivity contribution in [2.45, 2.75) is 6.92 Å². The Hall–Kier alpha value is -2.10. The van der Waals surface area contributed by atoms with E-state index in [0.717, 1.165) is 27.8 Å². The van der Waals surface area contributed by atoms with Crippen LogP contribution in [0.25, 0.3) is 22.2 Å². The van der Waals surface area contributed by atoms with Gasteiger partial charge in [-0.25, -0.2) is 4.98 Å². The zero-order valence-electron chi connectivity index (χ0n) is 12.4. The van der Waals surface area contributed by atoms with Gasteiger partial charge in [0.15, 0.2) is 0 Å². The van der Waals surface area contributed by atoms with Crippen molar-refractivity contribution < 1.29 is 5.11 Å². The Bertz CT molecular complexity index is 760. The molecule has 0 aliphatic carbocycles. The quantitative estimate of drug-likeness (QED) is 0.764. The highest BCUT2D eigenvalue weighted by Crippen LogP contribution is 2.28. The highest BCUT2D eigenvalue weighted by Gasteiger charge is 2.07. The number of nitrogens with zero attached hydrogens (tertiary/aromatic N) is 1. The summed E-state index contributed by atoms with van der Waals surface area (Å²) >= 11 is 0. The largest absolute Gasteiger partial charge is 0.395 e. The molecule has 4 heteroatoms. The van der Waals surface area contributed by atoms with Gasteiger partial charge in [-0.15, -0.1) is 12.4 Å². The van der Waals surface area contributed by atoms with E-state index in [1.807, 2.05) is 24.3 Å². The summed E-state index contributed by atoms with van der Waals surface area (Å²) in [6, 6.07) is 18.4. The number of fused-ring (bicyclic) bond motifs is 1. The standard InChI is InChI=1S/C18H18N2O.ClH/c1-13-7-8-15-17(19-9-10-21)12-16(20-18(15)11-13)14-5-3-2-4-6-14;/h2-8,11-12,21H,9-10H2,1H3,(H,19,20);1H. The summed E-state index contributed by atoms with van der Waals surface area (Å²) in [5.41, 5.74) is 5.19. The molecule has 0 saturated heterocycles. The summed E-state index contributed by atoms with van der Waals surface area (Å²) < 4.78 is 0. The van der Waals surface area contributed by atoms with Crippen molar-refractivity contribution in [2.75, 3.05) is 18.5 Å². The number of nitrogens with one attached hydrogen (secondary N) is 1. The number of aromatic nitrogens is 1. The van der Waals surface area contributed by atoms with Crippen LogP contribution in [0.4, 0.5) is 5.69 Å². The molecule has 114 valence electrons. The molecule has 0 unspecified atom stereocenters. The third-order valence-corrected chi connectivity index (χ3v) is 3.46. The van der Waals surface area contributed by atoms with Crippen molar-refractivity contribution in [2.24, 2.45) is 0 Å². The van der Waals surface area contributed by atoms with Gasteiger partial charge in [0.1, 0.15) is 0 Å². The fourth-order valence-electron chi connectivity index (χ4n) is 2.43. The first kappa shape index (κ1) is 16.3. The normalized spacial score (nSPS) is 10.3. The van der Waals surface area contributed by atoms with Crippen molar-refractivity contribution in [1.29, 1.82) is 0 Å². The molecule has 0 aliphatic heterocycles. The lowest BCUT2D eigenvalue weighted by Gasteiger charge is -2.12. The Morgan fingerprint density at radius 1 is 1.05 bits per heavy atom. The van der Waals surface area contributed by atoms with Crippen molar-refractivity contribution in [3.8, 4) is 11.3 Å². The monoisotopic (exact) mass is 314 g/mol. The predicted octanol–water partition coefficient (Wildman–Crippen LogP) is 4.04. The van der Waals surface area contributed by atoms with Crippen molar-refractivity contribution in [1.82, 2.24) is 4.98 Å². The van der Waals surface area contributed by atoms with Gasteiger partial charge in [-0.1, -0.05) is 42.5 Å². The Labute approximate surface area is 136 Å². The third-order valence-electron chi connectivity index (χ3n) is 3.46. The van der Waals surface area contributed by atoms with Crippen LogP contribution < -0.4 is 5.32 Å². The molecular weight excluding hydrogens is 296 g/mol. The third kappa shape index (κ3) is 3.38. The highest BCUT2D eigenvalue weighted by molar-refractivity contribution is 5.94. The van der Waals surface area contributed by atoms with E-state index >= 15 is 0 Å². The number of anilines is 1. The van der Waals surface area contributed by atoms with Crippen LogP contribution in [0.5, 0.6) is 0 Å². The van der Waals surface area contributed by atoms with Gasteiger partial charge in [0.25, 0.3) is 0 Å². The minimum Gasteiger partial charge on any atom is -0.395 e. The summed E-state index contributed by atoms with van der Waals surface area (Å²) in [6.45, 7) is 2.70. The summed E-state index contributed by atoms with van der Waals surface area (Å²) in [6.07, 6.45) is 0. The van der Waals surface area contributed by atoms with Crippen LogP contribution in [0.1, 0.15) is 5.56 Å². The fraction of sp³-hybridized carbons (Fsp3) is 0.167. The van der Waals surface area contributed by atoms with E-state index in [2.05, 4.69) is 42.6 Å². The number of aryl methyl sites for hydroxylation is 1. The number of aliphatic hydroxyl groups excluding tert-OH is 1. The highest BCUT2D eigenvalue weighted by atomic mass is 35.5. The number of hydrogen-bond acceptors (Lipinski definition) is 3. The lowest BCUT2D eigenvalue weighted by molar-refractivity contribution is 0.311. The first-order valence-electron chi connectivity index (χ1n) is 7.09. The van der Waals surface area contributed by atoms with Crippen LogP contribution in [0.2, 0.25) is 0 Å². The predicted molar refractivity (Wildman–Crippen MR) is 94.7 cm³/mol. The van der Waals surface area contributed by atoms with Crippen LogP contribution in [0, 0.1) is 6.92 Å². The van der Waals surface area contributed by atoms with Crippen LogP contribution in [0.3, 0.4) is 0 Å². The average Bonchev–Trinajstić information content (AvgIpc) is 2.52. The zero-order valence-corrected chi connectivity index (χ0v) is 13.2. The van der Waals surface area contributed by atoms with Crippen molar-refractivity contribution >= 4 is 29.0 Å². The van der Waals surface area contributed by atoms with Crippen molar-refractivity contribution in [3.63, 3.8) is 0 Å². The minimum absolute atomic E-state index is 0. The molecule has 0 spiro atoms. The molecule has 3 aromatic rings. The second-order valence-electron chi connectivity index (χ2n) is 5.09. The molecule has 2 aromatic carbocycles. The van der Waals surface area contributed by atoms with E-state index in [-0.39, 0.29) is 19.0 Å². The van der Waals surface area contributed by atoms with E-state index in [1.54, 1.807) is 0 Å². The number of rotatable bonds is 4. The smallest absolute Gasteiger partial charge is 0.0732 e. The molecule has 0 saturated carbocycles. The molecule has 2 N–H and O–H groups in total. The Morgan fingerprint density at radius 2 is 1.82 bits per heavy atom. The SMILES string of the molecule is Cc1ccc2c(NCCO)cc(-c3ccccc3)nc2c1.Cl. The molecule has 0 bridgehead atoms. The van der Waals surface area contributed by atoms with E-state index in [9.17, 15) is 0 Å². The van der Waals surface area contributed by atoms with Gasteiger partial charge in [0.05, 0.1) is 17.8 Å². The maximum atomic E-state index is 9.05. The molecule has 1 heterocycles. The van der Waals surface area contributed by atoms with E-state index < -0.39 is 0 Å². The molecule has 0 radical (unpaired) electrons. The second kappa shape index (κ2) is 7.25. The van der Waals surface area contributed by atoms with Crippen LogP contribution >= 0.6 is 12.4 Å². The number of pyridine rings is 1. The lowest BCUT2D eigenvalue weighted by atomic mass is 10.1. The molecular formula is C18H19ClN2O. The molecule has 0 fully saturated rings. The maximum absolute atomic E-state index is 9.05. The van der Waals surface area contributed by atoms with Gasteiger partial charge in [0, 0.05) is 23.2 Å². The molecule has 3 nitrogen and oxygen atoms in total. The number of halogens is 1. The van der Waals surface area contributed by atoms with Gasteiger partial charge in [-0.2, -0.15) is 0 Å². The van der Waals surface area contributed by atoms with Crippen LogP contribution in [0.15, 0.2) is 54.6 Å². The molecule has 0 amide bonds. The fourth-order valence-corrected chi connectivity index (χ4v) is 2.43. The first-order valence-corrected chi connectivity index (χ1v) is 7.09. The molecule has 0 aliphatic rings. The van der Waals surface area contributed by atoms with Gasteiger partial charge >= 0.3 is 0 Å². The Kier molecular flexibility index (Phi) is 5.36. The summed E-state index contributed by atoms with van der Waals surface area (Å²) in [7, 11) is 0. The van der Waals surface area contributed by atoms with Crippen LogP contribution in [-0.2, 0) is 0 Å². The topological polar surface area (TPSA) is 45.1 Å². The van der Waals surface area contributed by atoms with Crippen LogP contribution in [-0.4, -0.2) is 23.2 Å². The van der Waals surface area contributed by atoms with Gasteiger partial charge < -0.3 is 10.4 Å².